The summed E-state index contributed by atoms with van der Waals surface area (Å²) >= 11 is 22.1. The van der Waals surface area contributed by atoms with Crippen LogP contribution in [0, 0.1) is 0 Å². The Bertz CT molecular complexity index is 160. The molecular weight excluding hydrogens is 234 g/mol. The van der Waals surface area contributed by atoms with Crippen molar-refractivity contribution in [1.82, 2.24) is 0 Å². The summed E-state index contributed by atoms with van der Waals surface area (Å²) in [6, 6.07) is 0. The van der Waals surface area contributed by atoms with Gasteiger partial charge in [0.15, 0.2) is 4.33 Å². The van der Waals surface area contributed by atoms with Gasteiger partial charge in [0, 0.05) is 0 Å². The van der Waals surface area contributed by atoms with E-state index in [1.54, 1.807) is 0 Å². The van der Waals surface area contributed by atoms with Crippen LogP contribution in [0.15, 0.2) is 0 Å². The first-order valence-corrected chi connectivity index (χ1v) is 4.15. The molecule has 0 saturated heterocycles. The zero-order valence-electron chi connectivity index (χ0n) is 5.57. The molecule has 0 aromatic heterocycles. The number of aliphatic carboxylic acids is 1. The lowest BCUT2D eigenvalue weighted by molar-refractivity contribution is -0.137. The smallest absolute Gasteiger partial charge is 0.306 e. The van der Waals surface area contributed by atoms with Crippen molar-refractivity contribution < 1.29 is 9.90 Å². The number of hydrogen-bond donors (Lipinski definition) is 1. The highest BCUT2D eigenvalue weighted by Gasteiger charge is 2.44. The van der Waals surface area contributed by atoms with Gasteiger partial charge in [-0.3, -0.25) is 4.79 Å². The Morgan fingerprint density at radius 1 is 1.36 bits per heavy atom. The van der Waals surface area contributed by atoms with Crippen molar-refractivity contribution in [2.75, 3.05) is 0 Å². The third-order valence-electron chi connectivity index (χ3n) is 1.02. The topological polar surface area (TPSA) is 37.3 Å². The number of alkyl halides is 4. The summed E-state index contributed by atoms with van der Waals surface area (Å²) in [5.41, 5.74) is 0. The lowest BCUT2D eigenvalue weighted by atomic mass is 10.2. The first-order valence-electron chi connectivity index (χ1n) is 2.64. The molecule has 0 aliphatic heterocycles. The van der Waals surface area contributed by atoms with Gasteiger partial charge in [-0.05, 0) is 6.92 Å². The molecule has 0 rings (SSSR count). The predicted molar refractivity (Wildman–Crippen MR) is 46.8 cm³/mol. The summed E-state index contributed by atoms with van der Waals surface area (Å²) in [6.45, 7) is 1.33. The van der Waals surface area contributed by atoms with E-state index in [-0.39, 0.29) is 0 Å². The molecule has 2 nitrogen and oxygen atoms in total. The second-order valence-electron chi connectivity index (χ2n) is 2.16. The van der Waals surface area contributed by atoms with Crippen molar-refractivity contribution in [3.05, 3.63) is 0 Å². The van der Waals surface area contributed by atoms with Crippen LogP contribution < -0.4 is 0 Å². The molecule has 1 N–H and O–H groups in total. The second-order valence-corrected chi connectivity index (χ2v) is 5.35. The lowest BCUT2D eigenvalue weighted by Gasteiger charge is -2.27. The number of carboxylic acid groups (broad SMARTS) is 1. The maximum absolute atomic E-state index is 10.2. The van der Waals surface area contributed by atoms with E-state index in [4.69, 9.17) is 51.5 Å². The SMILES string of the molecule is CC(Cl)(Cl)C(Cl)(Cl)CC(=O)O. The van der Waals surface area contributed by atoms with Gasteiger partial charge in [-0.1, -0.05) is 46.4 Å². The van der Waals surface area contributed by atoms with Crippen LogP contribution in [0.25, 0.3) is 0 Å². The fourth-order valence-electron chi connectivity index (χ4n) is 0.345. The van der Waals surface area contributed by atoms with Crippen molar-refractivity contribution in [2.45, 2.75) is 22.0 Å². The molecule has 6 heteroatoms. The summed E-state index contributed by atoms with van der Waals surface area (Å²) in [5.74, 6) is -1.15. The van der Waals surface area contributed by atoms with Crippen LogP contribution in [-0.2, 0) is 4.79 Å². The standard InChI is InChI=1S/C5H6Cl4O2/c1-4(6,7)5(8,9)2-3(10)11/h2H2,1H3,(H,10,11). The Morgan fingerprint density at radius 2 is 1.73 bits per heavy atom. The number of rotatable bonds is 3. The van der Waals surface area contributed by atoms with Crippen molar-refractivity contribution >= 4 is 52.4 Å². The average molecular weight is 240 g/mol. The monoisotopic (exact) mass is 238 g/mol. The van der Waals surface area contributed by atoms with Crippen molar-refractivity contribution in [3.63, 3.8) is 0 Å². The van der Waals surface area contributed by atoms with Crippen molar-refractivity contribution in [2.24, 2.45) is 0 Å². The maximum atomic E-state index is 10.2. The molecular formula is C5H6Cl4O2. The van der Waals surface area contributed by atoms with E-state index in [9.17, 15) is 4.79 Å². The molecule has 0 atom stereocenters. The highest BCUT2D eigenvalue weighted by Crippen LogP contribution is 2.44. The van der Waals surface area contributed by atoms with Gasteiger partial charge in [-0.25, -0.2) is 0 Å². The zero-order valence-corrected chi connectivity index (χ0v) is 8.60. The van der Waals surface area contributed by atoms with Gasteiger partial charge < -0.3 is 5.11 Å². The van der Waals surface area contributed by atoms with Crippen LogP contribution >= 0.6 is 46.4 Å². The maximum Gasteiger partial charge on any atom is 0.306 e. The number of carboxylic acids is 1. The van der Waals surface area contributed by atoms with Crippen LogP contribution in [-0.4, -0.2) is 19.7 Å². The van der Waals surface area contributed by atoms with Gasteiger partial charge in [-0.15, -0.1) is 0 Å². The summed E-state index contributed by atoms with van der Waals surface area (Å²) in [6.07, 6.45) is -0.500. The molecule has 0 unspecified atom stereocenters. The number of carbonyl (C=O) groups is 1. The Labute approximate surface area is 84.4 Å². The van der Waals surface area contributed by atoms with Crippen molar-refractivity contribution in [3.8, 4) is 0 Å². The van der Waals surface area contributed by atoms with E-state index in [1.807, 2.05) is 0 Å². The first kappa shape index (κ1) is 11.6. The molecule has 0 amide bonds. The average Bonchev–Trinajstić information content (AvgIpc) is 1.56. The Morgan fingerprint density at radius 3 is 1.82 bits per heavy atom. The molecule has 0 fully saturated rings. The highest BCUT2D eigenvalue weighted by atomic mass is 35.5. The quantitative estimate of drug-likeness (QED) is 0.770. The minimum atomic E-state index is -1.66. The Kier molecular flexibility index (Phi) is 3.77. The van der Waals surface area contributed by atoms with Gasteiger partial charge >= 0.3 is 5.97 Å². The fraction of sp³-hybridized carbons (Fsp3) is 0.800. The largest absolute Gasteiger partial charge is 0.481 e. The highest BCUT2D eigenvalue weighted by molar-refractivity contribution is 6.62. The summed E-state index contributed by atoms with van der Waals surface area (Å²) in [5, 5.41) is 8.33. The van der Waals surface area contributed by atoms with E-state index in [2.05, 4.69) is 0 Å². The molecule has 0 aromatic rings. The van der Waals surface area contributed by atoms with Crippen LogP contribution in [0.2, 0.25) is 0 Å². The Balaban J connectivity index is 4.34. The van der Waals surface area contributed by atoms with Gasteiger partial charge in [0.1, 0.15) is 4.33 Å². The van der Waals surface area contributed by atoms with Gasteiger partial charge in [0.05, 0.1) is 6.42 Å². The predicted octanol–water partition coefficient (Wildman–Crippen LogP) is 2.83. The third-order valence-corrected chi connectivity index (χ3v) is 3.07. The molecule has 0 aromatic carbocycles. The molecule has 0 radical (unpaired) electrons. The minimum absolute atomic E-state index is 0.500. The summed E-state index contributed by atoms with van der Waals surface area (Å²) in [7, 11) is 0. The molecule has 0 aliphatic carbocycles. The normalized spacial score (nSPS) is 13.2. The van der Waals surface area contributed by atoms with E-state index in [1.165, 1.54) is 6.92 Å². The first-order chi connectivity index (χ1) is 4.67. The number of halogens is 4. The van der Waals surface area contributed by atoms with Crippen LogP contribution in [0.1, 0.15) is 13.3 Å². The molecule has 11 heavy (non-hydrogen) atoms. The summed E-state index contributed by atoms with van der Waals surface area (Å²) in [4.78, 5) is 10.2. The fourth-order valence-corrected chi connectivity index (χ4v) is 0.707. The third kappa shape index (κ3) is 3.70. The van der Waals surface area contributed by atoms with Gasteiger partial charge in [0.25, 0.3) is 0 Å². The minimum Gasteiger partial charge on any atom is -0.481 e. The molecule has 66 valence electrons. The molecule has 0 saturated carbocycles. The van der Waals surface area contributed by atoms with E-state index in [0.29, 0.717) is 0 Å². The molecule has 0 aliphatic rings. The lowest BCUT2D eigenvalue weighted by Crippen LogP contribution is -2.35. The van der Waals surface area contributed by atoms with Crippen LogP contribution in [0.5, 0.6) is 0 Å². The van der Waals surface area contributed by atoms with E-state index >= 15 is 0 Å². The van der Waals surface area contributed by atoms with Crippen LogP contribution in [0.3, 0.4) is 0 Å². The molecule has 0 heterocycles. The van der Waals surface area contributed by atoms with Gasteiger partial charge in [0.2, 0.25) is 0 Å². The van der Waals surface area contributed by atoms with E-state index < -0.39 is 21.1 Å². The van der Waals surface area contributed by atoms with Crippen molar-refractivity contribution in [1.29, 1.82) is 0 Å². The van der Waals surface area contributed by atoms with E-state index in [0.717, 1.165) is 0 Å². The molecule has 0 bridgehead atoms. The number of hydrogen-bond acceptors (Lipinski definition) is 1. The Hall–Kier alpha value is 0.630. The summed E-state index contributed by atoms with van der Waals surface area (Å²) < 4.78 is -3.14. The zero-order chi connectivity index (χ0) is 9.28. The van der Waals surface area contributed by atoms with Crippen LogP contribution in [0.4, 0.5) is 0 Å². The molecule has 0 spiro atoms. The second kappa shape index (κ2) is 3.56. The van der Waals surface area contributed by atoms with Gasteiger partial charge in [-0.2, -0.15) is 0 Å².